The molecule has 32 heavy (non-hydrogen) atoms. The Hall–Kier alpha value is -2.82. The highest BCUT2D eigenvalue weighted by atomic mass is 16.7. The lowest BCUT2D eigenvalue weighted by atomic mass is 10.2. The third kappa shape index (κ3) is 5.14. The number of phenolic OH excluding ortho intramolecular Hbond substituents is 1. The molecule has 0 aliphatic carbocycles. The Morgan fingerprint density at radius 3 is 2.62 bits per heavy atom. The minimum atomic E-state index is -0.221. The van der Waals surface area contributed by atoms with Crippen LogP contribution in [0.2, 0.25) is 0 Å². The Bertz CT molecular complexity index is 1010. The molecule has 0 unspecified atom stereocenters. The van der Waals surface area contributed by atoms with Gasteiger partial charge in [0.15, 0.2) is 29.1 Å². The first-order valence-electron chi connectivity index (χ1n) is 11.2. The normalized spacial score (nSPS) is 14.5. The van der Waals surface area contributed by atoms with Gasteiger partial charge in [-0.3, -0.25) is 0 Å². The van der Waals surface area contributed by atoms with E-state index in [0.717, 1.165) is 37.3 Å². The second-order valence-corrected chi connectivity index (χ2v) is 7.49. The number of aryl methyl sites for hydroxylation is 1. The van der Waals surface area contributed by atoms with Gasteiger partial charge in [0.2, 0.25) is 0 Å². The van der Waals surface area contributed by atoms with Crippen LogP contribution in [0.25, 0.3) is 22.6 Å². The number of aromatic hydroxyl groups is 1. The van der Waals surface area contributed by atoms with Gasteiger partial charge in [-0.2, -0.15) is 0 Å². The maximum Gasteiger partial charge on any atom is 0.184 e. The first kappa shape index (κ1) is 22.4. The Balaban J connectivity index is 1.65. The van der Waals surface area contributed by atoms with Crippen LogP contribution in [0.5, 0.6) is 5.75 Å². The molecule has 2 aromatic heterocycles. The van der Waals surface area contributed by atoms with Crippen molar-refractivity contribution in [3.05, 3.63) is 24.3 Å². The van der Waals surface area contributed by atoms with Crippen LogP contribution in [-0.2, 0) is 20.8 Å². The second-order valence-electron chi connectivity index (χ2n) is 7.49. The highest BCUT2D eigenvalue weighted by Gasteiger charge is 2.22. The lowest BCUT2D eigenvalue weighted by molar-refractivity contribution is -0.140. The van der Waals surface area contributed by atoms with E-state index in [1.54, 1.807) is 18.2 Å². The number of ether oxygens (including phenoxy) is 3. The summed E-state index contributed by atoms with van der Waals surface area (Å²) in [7, 11) is 0. The largest absolute Gasteiger partial charge is 0.508 e. The van der Waals surface area contributed by atoms with Gasteiger partial charge in [0.1, 0.15) is 5.75 Å². The van der Waals surface area contributed by atoms with E-state index in [9.17, 15) is 5.11 Å². The number of rotatable bonds is 10. The fraction of sp³-hybridized carbons (Fsp3) is 0.545. The number of fused-ring (bicyclic) bond motifs is 1. The van der Waals surface area contributed by atoms with Gasteiger partial charge in [-0.15, -0.1) is 5.10 Å². The maximum absolute atomic E-state index is 9.94. The molecule has 0 spiro atoms. The van der Waals surface area contributed by atoms with Crippen LogP contribution in [0.1, 0.15) is 26.7 Å². The molecule has 0 amide bonds. The molecular weight excluding hydrogens is 412 g/mol. The first-order chi connectivity index (χ1) is 15.7. The maximum atomic E-state index is 9.94. The average molecular weight is 443 g/mol. The van der Waals surface area contributed by atoms with Gasteiger partial charge in [-0.25, -0.2) is 14.6 Å². The van der Waals surface area contributed by atoms with Gasteiger partial charge in [0.05, 0.1) is 13.2 Å². The fourth-order valence-electron chi connectivity index (χ4n) is 3.76. The van der Waals surface area contributed by atoms with Crippen molar-refractivity contribution in [2.45, 2.75) is 39.5 Å². The van der Waals surface area contributed by atoms with Crippen LogP contribution in [0.15, 0.2) is 24.3 Å². The van der Waals surface area contributed by atoms with Crippen LogP contribution in [0.4, 0.5) is 5.82 Å². The number of phenols is 1. The van der Waals surface area contributed by atoms with Gasteiger partial charge in [0, 0.05) is 44.8 Å². The highest BCUT2D eigenvalue weighted by molar-refractivity contribution is 5.85. The van der Waals surface area contributed by atoms with E-state index in [2.05, 4.69) is 15.2 Å². The van der Waals surface area contributed by atoms with Crippen molar-refractivity contribution in [2.24, 2.45) is 0 Å². The van der Waals surface area contributed by atoms with Crippen LogP contribution in [0.3, 0.4) is 0 Å². The van der Waals surface area contributed by atoms with Crippen molar-refractivity contribution < 1.29 is 19.3 Å². The lowest BCUT2D eigenvalue weighted by Crippen LogP contribution is -2.37. The van der Waals surface area contributed by atoms with E-state index < -0.39 is 0 Å². The molecule has 1 N–H and O–H groups in total. The summed E-state index contributed by atoms with van der Waals surface area (Å²) < 4.78 is 18.6. The monoisotopic (exact) mass is 442 g/mol. The van der Waals surface area contributed by atoms with E-state index in [-0.39, 0.29) is 12.0 Å². The molecule has 0 atom stereocenters. The predicted molar refractivity (Wildman–Crippen MR) is 120 cm³/mol. The van der Waals surface area contributed by atoms with Crippen LogP contribution in [-0.4, -0.2) is 75.9 Å². The number of morpholine rings is 1. The molecule has 1 aliphatic heterocycles. The molecule has 0 saturated carbocycles. The van der Waals surface area contributed by atoms with E-state index in [0.29, 0.717) is 50.0 Å². The Morgan fingerprint density at radius 2 is 1.91 bits per heavy atom. The number of hydrogen-bond donors (Lipinski definition) is 1. The number of hydrogen-bond acceptors (Lipinski definition) is 9. The predicted octanol–water partition coefficient (Wildman–Crippen LogP) is 2.61. The second kappa shape index (κ2) is 10.7. The molecule has 1 fully saturated rings. The molecule has 0 radical (unpaired) electrons. The summed E-state index contributed by atoms with van der Waals surface area (Å²) in [6.07, 6.45) is 1.34. The summed E-state index contributed by atoms with van der Waals surface area (Å²) in [5, 5.41) is 18.7. The van der Waals surface area contributed by atoms with Crippen molar-refractivity contribution >= 4 is 17.0 Å². The van der Waals surface area contributed by atoms with Crippen LogP contribution >= 0.6 is 0 Å². The average Bonchev–Trinajstić information content (AvgIpc) is 3.22. The number of benzene rings is 1. The first-order valence-corrected chi connectivity index (χ1v) is 11.2. The molecule has 1 aromatic carbocycles. The van der Waals surface area contributed by atoms with Crippen LogP contribution < -0.4 is 4.90 Å². The minimum Gasteiger partial charge on any atom is -0.508 e. The molecule has 172 valence electrons. The van der Waals surface area contributed by atoms with Crippen molar-refractivity contribution in [3.8, 4) is 17.1 Å². The third-order valence-corrected chi connectivity index (χ3v) is 5.27. The zero-order valence-electron chi connectivity index (χ0n) is 18.6. The zero-order valence-corrected chi connectivity index (χ0v) is 18.6. The SMILES string of the molecule is CCOC(CCCn1nnc2c(N3CCOCC3)nc(-c3cccc(O)c3)nc21)OCC. The highest BCUT2D eigenvalue weighted by Crippen LogP contribution is 2.28. The summed E-state index contributed by atoms with van der Waals surface area (Å²) in [5.41, 5.74) is 2.08. The molecule has 0 bridgehead atoms. The van der Waals surface area contributed by atoms with Crippen molar-refractivity contribution in [1.29, 1.82) is 0 Å². The molecule has 10 heteroatoms. The molecule has 3 heterocycles. The third-order valence-electron chi connectivity index (χ3n) is 5.27. The van der Waals surface area contributed by atoms with Gasteiger partial charge in [0.25, 0.3) is 0 Å². The molecular formula is C22H30N6O4. The van der Waals surface area contributed by atoms with E-state index >= 15 is 0 Å². The molecule has 1 aliphatic rings. The zero-order chi connectivity index (χ0) is 22.3. The van der Waals surface area contributed by atoms with Gasteiger partial charge in [-0.1, -0.05) is 17.3 Å². The topological polar surface area (TPSA) is 108 Å². The molecule has 1 saturated heterocycles. The van der Waals surface area contributed by atoms with Crippen molar-refractivity contribution in [1.82, 2.24) is 25.0 Å². The molecule has 4 rings (SSSR count). The summed E-state index contributed by atoms with van der Waals surface area (Å²) in [5.74, 6) is 1.44. The standard InChI is InChI=1S/C22H30N6O4/c1-3-31-18(32-4-2)9-6-10-28-22-19(25-26-28)21(27-11-13-30-14-12-27)23-20(24-22)16-7-5-8-17(29)15-16/h5,7-8,15,18,29H,3-4,6,9-14H2,1-2H3. The van der Waals surface area contributed by atoms with E-state index in [1.165, 1.54) is 0 Å². The summed E-state index contributed by atoms with van der Waals surface area (Å²) in [4.78, 5) is 11.7. The minimum absolute atomic E-state index is 0.170. The molecule has 10 nitrogen and oxygen atoms in total. The van der Waals surface area contributed by atoms with Crippen molar-refractivity contribution in [3.63, 3.8) is 0 Å². The molecule has 3 aromatic rings. The number of nitrogens with zero attached hydrogens (tertiary/aromatic N) is 6. The Morgan fingerprint density at radius 1 is 1.12 bits per heavy atom. The smallest absolute Gasteiger partial charge is 0.184 e. The lowest BCUT2D eigenvalue weighted by Gasteiger charge is -2.28. The summed E-state index contributed by atoms with van der Waals surface area (Å²) in [6.45, 7) is 8.50. The Kier molecular flexibility index (Phi) is 7.46. The van der Waals surface area contributed by atoms with Gasteiger partial charge in [-0.05, 0) is 32.4 Å². The number of aromatic nitrogens is 5. The summed E-state index contributed by atoms with van der Waals surface area (Å²) >= 11 is 0. The van der Waals surface area contributed by atoms with Crippen LogP contribution in [0, 0.1) is 0 Å². The van der Waals surface area contributed by atoms with E-state index in [1.807, 2.05) is 24.6 Å². The Labute approximate surface area is 187 Å². The van der Waals surface area contributed by atoms with Gasteiger partial charge >= 0.3 is 0 Å². The van der Waals surface area contributed by atoms with Gasteiger partial charge < -0.3 is 24.2 Å². The van der Waals surface area contributed by atoms with Crippen molar-refractivity contribution in [2.75, 3.05) is 44.4 Å². The van der Waals surface area contributed by atoms with E-state index in [4.69, 9.17) is 24.2 Å². The quantitative estimate of drug-likeness (QED) is 0.474. The summed E-state index contributed by atoms with van der Waals surface area (Å²) in [6, 6.07) is 6.95. The number of anilines is 1. The fourth-order valence-corrected chi connectivity index (χ4v) is 3.76.